The number of nitro benzene ring substituents is 1. The third kappa shape index (κ3) is 2.78. The van der Waals surface area contributed by atoms with E-state index in [0.29, 0.717) is 18.5 Å². The Bertz CT molecular complexity index is 845. The van der Waals surface area contributed by atoms with Gasteiger partial charge in [0.2, 0.25) is 0 Å². The molecule has 1 atom stereocenters. The fourth-order valence-electron chi connectivity index (χ4n) is 2.82. The van der Waals surface area contributed by atoms with Crippen molar-refractivity contribution in [3.8, 4) is 5.75 Å². The van der Waals surface area contributed by atoms with Gasteiger partial charge in [0.15, 0.2) is 5.78 Å². The van der Waals surface area contributed by atoms with Gasteiger partial charge < -0.3 is 5.11 Å². The number of ketones is 1. The molecule has 23 heavy (non-hydrogen) atoms. The zero-order chi connectivity index (χ0) is 16.8. The molecule has 0 saturated heterocycles. The second-order valence-corrected chi connectivity index (χ2v) is 6.77. The molecule has 0 aromatic heterocycles. The van der Waals surface area contributed by atoms with Crippen molar-refractivity contribution >= 4 is 21.7 Å². The number of aromatic hydroxyl groups is 1. The van der Waals surface area contributed by atoms with Gasteiger partial charge in [0.1, 0.15) is 5.75 Å². The lowest BCUT2D eigenvalue weighted by atomic mass is 9.87. The maximum atomic E-state index is 12.2. The van der Waals surface area contributed by atoms with Gasteiger partial charge in [0.05, 0.1) is 17.0 Å². The van der Waals surface area contributed by atoms with Crippen LogP contribution in [0.4, 0.5) is 5.69 Å². The van der Waals surface area contributed by atoms with Crippen LogP contribution in [0.15, 0.2) is 29.5 Å². The van der Waals surface area contributed by atoms with Crippen LogP contribution in [0.1, 0.15) is 30.9 Å². The molecular weight excluding hydrogens is 326 g/mol. The molecule has 3 N–H and O–H groups in total. The maximum absolute atomic E-state index is 12.2. The van der Waals surface area contributed by atoms with Gasteiger partial charge in [-0.05, 0) is 18.9 Å². The fraction of sp³-hybridized carbons (Fsp3) is 0.308. The van der Waals surface area contributed by atoms with Crippen LogP contribution in [0.25, 0.3) is 0 Å². The van der Waals surface area contributed by atoms with Gasteiger partial charge >= 0.3 is 0 Å². The van der Waals surface area contributed by atoms with E-state index in [1.165, 1.54) is 6.07 Å². The number of allylic oxidation sites excluding steroid dienone is 1. The number of nitrogens with one attached hydrogen (secondary N) is 2. The minimum absolute atomic E-state index is 0.100. The van der Waals surface area contributed by atoms with Crippen LogP contribution in [0.5, 0.6) is 5.75 Å². The van der Waals surface area contributed by atoms with E-state index >= 15 is 0 Å². The monoisotopic (exact) mass is 339 g/mol. The summed E-state index contributed by atoms with van der Waals surface area (Å²) in [5, 5.41) is 20.8. The standard InChI is InChI=1S/C13H13N3O6S/c17-10-3-1-2-9-12(10)13(15-23(21,22)14-9)8-5-4-7(16(19)20)6-11(8)18/h4-6,13-15,18H,1-3H2. The lowest BCUT2D eigenvalue weighted by molar-refractivity contribution is -0.384. The van der Waals surface area contributed by atoms with Gasteiger partial charge in [-0.3, -0.25) is 19.6 Å². The predicted molar refractivity (Wildman–Crippen MR) is 78.6 cm³/mol. The van der Waals surface area contributed by atoms with E-state index in [-0.39, 0.29) is 29.0 Å². The number of hydrogen-bond acceptors (Lipinski definition) is 6. The highest BCUT2D eigenvalue weighted by atomic mass is 32.2. The molecule has 2 aliphatic rings. The van der Waals surface area contributed by atoms with Crippen LogP contribution >= 0.6 is 0 Å². The molecule has 0 radical (unpaired) electrons. The quantitative estimate of drug-likeness (QED) is 0.538. The molecule has 1 aliphatic carbocycles. The second kappa shape index (κ2) is 5.32. The third-order valence-corrected chi connectivity index (χ3v) is 4.87. The first kappa shape index (κ1) is 15.4. The third-order valence-electron chi connectivity index (χ3n) is 3.81. The van der Waals surface area contributed by atoms with Gasteiger partial charge in [0, 0.05) is 29.3 Å². The van der Waals surface area contributed by atoms with E-state index in [1.807, 2.05) is 0 Å². The van der Waals surface area contributed by atoms with Crippen LogP contribution in [-0.2, 0) is 15.0 Å². The van der Waals surface area contributed by atoms with Crippen molar-refractivity contribution in [2.45, 2.75) is 25.3 Å². The molecule has 0 amide bonds. The number of hydrogen-bond donors (Lipinski definition) is 3. The molecule has 0 fully saturated rings. The number of non-ortho nitro benzene ring substituents is 1. The highest BCUT2D eigenvalue weighted by molar-refractivity contribution is 7.87. The largest absolute Gasteiger partial charge is 0.507 e. The molecule has 0 saturated carbocycles. The van der Waals surface area contributed by atoms with Crippen molar-refractivity contribution in [2.75, 3.05) is 0 Å². The number of Topliss-reactive ketones (excluding diaryl/α,β-unsaturated/α-hetero) is 1. The van der Waals surface area contributed by atoms with Gasteiger partial charge in [-0.1, -0.05) is 0 Å². The van der Waals surface area contributed by atoms with Gasteiger partial charge in [0.25, 0.3) is 15.9 Å². The molecule has 0 spiro atoms. The molecule has 1 aliphatic heterocycles. The van der Waals surface area contributed by atoms with E-state index in [4.69, 9.17) is 0 Å². The van der Waals surface area contributed by atoms with Crippen LogP contribution in [-0.4, -0.2) is 24.2 Å². The number of phenolic OH excluding ortho intramolecular Hbond substituents is 1. The molecule has 3 rings (SSSR count). The minimum Gasteiger partial charge on any atom is -0.507 e. The lowest BCUT2D eigenvalue weighted by Crippen LogP contribution is -2.47. The zero-order valence-electron chi connectivity index (χ0n) is 11.8. The Hall–Kier alpha value is -2.46. The van der Waals surface area contributed by atoms with Crippen molar-refractivity contribution in [3.63, 3.8) is 0 Å². The summed E-state index contributed by atoms with van der Waals surface area (Å²) in [6.45, 7) is 0. The molecule has 1 heterocycles. The van der Waals surface area contributed by atoms with E-state index in [0.717, 1.165) is 12.1 Å². The van der Waals surface area contributed by atoms with Crippen LogP contribution in [0.3, 0.4) is 0 Å². The molecule has 1 aromatic carbocycles. The van der Waals surface area contributed by atoms with Gasteiger partial charge in [-0.25, -0.2) is 0 Å². The van der Waals surface area contributed by atoms with Crippen molar-refractivity contribution in [2.24, 2.45) is 0 Å². The average Bonchev–Trinajstić information content (AvgIpc) is 2.45. The van der Waals surface area contributed by atoms with Crippen LogP contribution in [0.2, 0.25) is 0 Å². The maximum Gasteiger partial charge on any atom is 0.299 e. The number of nitrogens with zero attached hydrogens (tertiary/aromatic N) is 1. The number of carbonyl (C=O) groups excluding carboxylic acids is 1. The van der Waals surface area contributed by atoms with Crippen molar-refractivity contribution < 1.29 is 23.2 Å². The Labute approximate surface area is 131 Å². The number of benzene rings is 1. The van der Waals surface area contributed by atoms with Gasteiger partial charge in [-0.15, -0.1) is 0 Å². The minimum atomic E-state index is -3.87. The summed E-state index contributed by atoms with van der Waals surface area (Å²) in [4.78, 5) is 22.2. The Balaban J connectivity index is 2.13. The second-order valence-electron chi connectivity index (χ2n) is 5.33. The van der Waals surface area contributed by atoms with Gasteiger partial charge in [-0.2, -0.15) is 13.1 Å². The summed E-state index contributed by atoms with van der Waals surface area (Å²) in [6.07, 6.45) is 1.23. The number of carbonyl (C=O) groups is 1. The summed E-state index contributed by atoms with van der Waals surface area (Å²) >= 11 is 0. The molecule has 1 aromatic rings. The topological polar surface area (TPSA) is 139 Å². The summed E-state index contributed by atoms with van der Waals surface area (Å²) in [7, 11) is -3.87. The molecule has 0 bridgehead atoms. The molecule has 10 heteroatoms. The van der Waals surface area contributed by atoms with E-state index in [2.05, 4.69) is 9.44 Å². The lowest BCUT2D eigenvalue weighted by Gasteiger charge is -2.32. The van der Waals surface area contributed by atoms with E-state index in [1.54, 1.807) is 0 Å². The highest BCUT2D eigenvalue weighted by Crippen LogP contribution is 2.38. The average molecular weight is 339 g/mol. The van der Waals surface area contributed by atoms with E-state index < -0.39 is 26.9 Å². The first-order chi connectivity index (χ1) is 10.8. The zero-order valence-corrected chi connectivity index (χ0v) is 12.6. The molecule has 9 nitrogen and oxygen atoms in total. The first-order valence-corrected chi connectivity index (χ1v) is 8.30. The van der Waals surface area contributed by atoms with E-state index in [9.17, 15) is 28.4 Å². The summed E-state index contributed by atoms with van der Waals surface area (Å²) in [6, 6.07) is 2.27. The summed E-state index contributed by atoms with van der Waals surface area (Å²) in [5.41, 5.74) is 0.327. The first-order valence-electron chi connectivity index (χ1n) is 6.82. The molecule has 122 valence electrons. The van der Waals surface area contributed by atoms with Crippen molar-refractivity contribution in [3.05, 3.63) is 45.1 Å². The number of rotatable bonds is 2. The Morgan fingerprint density at radius 3 is 2.70 bits per heavy atom. The Morgan fingerprint density at radius 1 is 1.30 bits per heavy atom. The molecular formula is C13H13N3O6S. The van der Waals surface area contributed by atoms with Crippen molar-refractivity contribution in [1.29, 1.82) is 0 Å². The SMILES string of the molecule is O=C1CCCC2=C1C(c1ccc([N+](=O)[O-])cc1O)NS(=O)(=O)N2. The normalized spacial score (nSPS) is 23.1. The molecule has 1 unspecified atom stereocenters. The predicted octanol–water partition coefficient (Wildman–Crippen LogP) is 0.786. The Morgan fingerprint density at radius 2 is 2.04 bits per heavy atom. The summed E-state index contributed by atoms with van der Waals surface area (Å²) < 4.78 is 28.4. The Kier molecular flexibility index (Phi) is 3.57. The summed E-state index contributed by atoms with van der Waals surface area (Å²) in [5.74, 6) is -0.664. The van der Waals surface area contributed by atoms with Crippen LogP contribution in [0, 0.1) is 10.1 Å². The number of nitro groups is 1. The fourth-order valence-corrected chi connectivity index (χ4v) is 3.97. The van der Waals surface area contributed by atoms with Crippen LogP contribution < -0.4 is 9.44 Å². The smallest absolute Gasteiger partial charge is 0.299 e. The number of phenols is 1. The van der Waals surface area contributed by atoms with Crippen molar-refractivity contribution in [1.82, 2.24) is 9.44 Å². The highest BCUT2D eigenvalue weighted by Gasteiger charge is 2.38.